The number of para-hydroxylation sites is 2. The van der Waals surface area contributed by atoms with Gasteiger partial charge in [0.1, 0.15) is 11.2 Å². The maximum Gasteiger partial charge on any atom is 0.161 e. The number of nitrogens with zero attached hydrogens (tertiary/aromatic N) is 3. The number of furan rings is 1. The minimum absolute atomic E-state index is 0.662. The number of rotatable bonds is 5. The fraction of sp³-hybridized carbons (Fsp3) is 0. The van der Waals surface area contributed by atoms with Gasteiger partial charge in [-0.2, -0.15) is 0 Å². The van der Waals surface area contributed by atoms with E-state index in [0.717, 1.165) is 66.8 Å². The highest BCUT2D eigenvalue weighted by atomic mass is 32.1. The van der Waals surface area contributed by atoms with Crippen LogP contribution in [0.1, 0.15) is 0 Å². The molecule has 12 rings (SSSR count). The molecular formula is C52H31N3OS. The maximum atomic E-state index is 6.54. The van der Waals surface area contributed by atoms with Crippen molar-refractivity contribution in [1.29, 1.82) is 0 Å². The third-order valence-electron chi connectivity index (χ3n) is 11.2. The Kier molecular flexibility index (Phi) is 7.06. The number of fused-ring (bicyclic) bond motifs is 9. The summed E-state index contributed by atoms with van der Waals surface area (Å²) in [6, 6.07) is 66.6. The van der Waals surface area contributed by atoms with Gasteiger partial charge in [0.2, 0.25) is 0 Å². The number of hydrogen-bond donors (Lipinski definition) is 0. The fourth-order valence-corrected chi connectivity index (χ4v) is 9.64. The molecule has 0 bridgehead atoms. The Bertz CT molecular complexity index is 3520. The van der Waals surface area contributed by atoms with Gasteiger partial charge in [-0.25, -0.2) is 9.97 Å². The Hall–Kier alpha value is -7.34. The lowest BCUT2D eigenvalue weighted by Crippen LogP contribution is -1.96. The number of aromatic nitrogens is 3. The molecule has 0 aliphatic rings. The lowest BCUT2D eigenvalue weighted by Gasteiger charge is -2.11. The van der Waals surface area contributed by atoms with Crippen LogP contribution in [0.3, 0.4) is 0 Å². The molecule has 5 heteroatoms. The lowest BCUT2D eigenvalue weighted by atomic mass is 9.99. The van der Waals surface area contributed by atoms with Gasteiger partial charge in [-0.05, 0) is 83.9 Å². The van der Waals surface area contributed by atoms with Crippen LogP contribution in [0.4, 0.5) is 0 Å². The van der Waals surface area contributed by atoms with Gasteiger partial charge in [0.25, 0.3) is 0 Å². The highest BCUT2D eigenvalue weighted by molar-refractivity contribution is 7.25. The molecular weight excluding hydrogens is 715 g/mol. The summed E-state index contributed by atoms with van der Waals surface area (Å²) in [5, 5.41) is 7.00. The molecule has 12 aromatic rings. The Balaban J connectivity index is 1.04. The van der Waals surface area contributed by atoms with Crippen LogP contribution < -0.4 is 0 Å². The van der Waals surface area contributed by atoms with Crippen LogP contribution in [0.25, 0.3) is 115 Å². The summed E-state index contributed by atoms with van der Waals surface area (Å²) in [4.78, 5) is 10.6. The van der Waals surface area contributed by atoms with Crippen molar-refractivity contribution >= 4 is 75.3 Å². The Morgan fingerprint density at radius 1 is 0.404 bits per heavy atom. The quantitative estimate of drug-likeness (QED) is 0.176. The summed E-state index contributed by atoms with van der Waals surface area (Å²) in [5.74, 6) is 0.662. The van der Waals surface area contributed by atoms with Crippen LogP contribution in [0.2, 0.25) is 0 Å². The minimum Gasteiger partial charge on any atom is -0.456 e. The first kappa shape index (κ1) is 32.0. The average molecular weight is 746 g/mol. The summed E-state index contributed by atoms with van der Waals surface area (Å²) in [7, 11) is 0. The molecule has 0 saturated heterocycles. The van der Waals surface area contributed by atoms with E-state index in [0.29, 0.717) is 5.82 Å². The monoisotopic (exact) mass is 745 g/mol. The first-order chi connectivity index (χ1) is 28.2. The van der Waals surface area contributed by atoms with E-state index >= 15 is 0 Å². The van der Waals surface area contributed by atoms with Crippen molar-refractivity contribution in [2.45, 2.75) is 0 Å². The molecule has 8 aromatic carbocycles. The van der Waals surface area contributed by atoms with Gasteiger partial charge in [0, 0.05) is 64.1 Å². The molecule has 0 saturated carbocycles. The van der Waals surface area contributed by atoms with Crippen LogP contribution in [-0.2, 0) is 0 Å². The minimum atomic E-state index is 0.662. The van der Waals surface area contributed by atoms with Crippen LogP contribution in [0.5, 0.6) is 0 Å². The molecule has 0 radical (unpaired) electrons. The van der Waals surface area contributed by atoms with E-state index in [-0.39, 0.29) is 0 Å². The molecule has 266 valence electrons. The molecule has 0 fully saturated rings. The Morgan fingerprint density at radius 2 is 1.05 bits per heavy atom. The number of hydrogen-bond acceptors (Lipinski definition) is 4. The Labute approximate surface area is 331 Å². The Morgan fingerprint density at radius 3 is 1.91 bits per heavy atom. The molecule has 0 aliphatic carbocycles. The largest absolute Gasteiger partial charge is 0.456 e. The first-order valence-electron chi connectivity index (χ1n) is 19.1. The second-order valence-electron chi connectivity index (χ2n) is 14.5. The van der Waals surface area contributed by atoms with E-state index in [2.05, 4.69) is 174 Å². The molecule has 0 unspecified atom stereocenters. The summed E-state index contributed by atoms with van der Waals surface area (Å²) in [6.45, 7) is 0. The summed E-state index contributed by atoms with van der Waals surface area (Å²) in [6.07, 6.45) is 0. The zero-order valence-corrected chi connectivity index (χ0v) is 31.4. The highest BCUT2D eigenvalue weighted by Crippen LogP contribution is 2.41. The van der Waals surface area contributed by atoms with Crippen LogP contribution >= 0.6 is 11.3 Å². The van der Waals surface area contributed by atoms with E-state index in [9.17, 15) is 0 Å². The van der Waals surface area contributed by atoms with Gasteiger partial charge in [-0.15, -0.1) is 11.3 Å². The molecule has 0 amide bonds. The normalized spacial score (nSPS) is 11.9. The van der Waals surface area contributed by atoms with Gasteiger partial charge in [-0.3, -0.25) is 0 Å². The van der Waals surface area contributed by atoms with Crippen molar-refractivity contribution in [3.05, 3.63) is 188 Å². The molecule has 0 aliphatic heterocycles. The number of thiophene rings is 1. The fourth-order valence-electron chi connectivity index (χ4n) is 8.56. The van der Waals surface area contributed by atoms with Crippen LogP contribution in [-0.4, -0.2) is 14.5 Å². The molecule has 0 N–H and O–H groups in total. The van der Waals surface area contributed by atoms with E-state index in [4.69, 9.17) is 14.4 Å². The predicted octanol–water partition coefficient (Wildman–Crippen LogP) is 14.5. The van der Waals surface area contributed by atoms with Crippen LogP contribution in [0.15, 0.2) is 192 Å². The summed E-state index contributed by atoms with van der Waals surface area (Å²) >= 11 is 1.83. The molecule has 0 atom stereocenters. The maximum absolute atomic E-state index is 6.54. The molecule has 4 heterocycles. The second-order valence-corrected chi connectivity index (χ2v) is 15.6. The molecule has 0 spiro atoms. The second kappa shape index (κ2) is 12.6. The van der Waals surface area contributed by atoms with Crippen molar-refractivity contribution in [3.8, 4) is 50.7 Å². The van der Waals surface area contributed by atoms with E-state index in [1.807, 2.05) is 29.5 Å². The van der Waals surface area contributed by atoms with Crippen molar-refractivity contribution in [3.63, 3.8) is 0 Å². The summed E-state index contributed by atoms with van der Waals surface area (Å²) < 4.78 is 11.4. The topological polar surface area (TPSA) is 43.9 Å². The van der Waals surface area contributed by atoms with Crippen molar-refractivity contribution in [1.82, 2.24) is 14.5 Å². The van der Waals surface area contributed by atoms with Gasteiger partial charge in [-0.1, -0.05) is 115 Å². The zero-order chi connectivity index (χ0) is 37.5. The molecule has 57 heavy (non-hydrogen) atoms. The SMILES string of the molecule is c1ccc(-c2cc(-c3ccc4sc5ccccc5c4c3)nc(-c3cccc4oc5ccc(-c6ccc7c(c6)c6ccccc6n7-c6ccccc6)cc5c34)n2)cc1. The van der Waals surface area contributed by atoms with Crippen molar-refractivity contribution < 1.29 is 4.42 Å². The lowest BCUT2D eigenvalue weighted by molar-refractivity contribution is 0.669. The van der Waals surface area contributed by atoms with Crippen molar-refractivity contribution in [2.24, 2.45) is 0 Å². The smallest absolute Gasteiger partial charge is 0.161 e. The standard InChI is InChI=1S/C52H31N3OS/c1-3-12-32(13-4-1)43-31-44(35-24-27-50-41(30-35)38-17-8-10-21-49(38)57-50)54-52(53-43)39-18-11-20-48-51(39)42-29-34(23-26-47(42)56-48)33-22-25-46-40(28-33)37-16-7-9-19-45(37)55(46)36-14-5-2-6-15-36/h1-31H. The molecule has 4 aromatic heterocycles. The van der Waals surface area contributed by atoms with Crippen molar-refractivity contribution in [2.75, 3.05) is 0 Å². The van der Waals surface area contributed by atoms with E-state index < -0.39 is 0 Å². The average Bonchev–Trinajstić information content (AvgIpc) is 3.95. The highest BCUT2D eigenvalue weighted by Gasteiger charge is 2.19. The zero-order valence-electron chi connectivity index (χ0n) is 30.6. The summed E-state index contributed by atoms with van der Waals surface area (Å²) in [5.41, 5.74) is 12.2. The van der Waals surface area contributed by atoms with Crippen LogP contribution in [0, 0.1) is 0 Å². The first-order valence-corrected chi connectivity index (χ1v) is 20.0. The molecule has 4 nitrogen and oxygen atoms in total. The van der Waals surface area contributed by atoms with E-state index in [1.165, 1.54) is 42.0 Å². The van der Waals surface area contributed by atoms with Gasteiger partial charge >= 0.3 is 0 Å². The predicted molar refractivity (Wildman–Crippen MR) is 238 cm³/mol. The van der Waals surface area contributed by atoms with Gasteiger partial charge in [0.05, 0.1) is 22.4 Å². The third kappa shape index (κ3) is 5.13. The number of benzene rings is 8. The van der Waals surface area contributed by atoms with Gasteiger partial charge in [0.15, 0.2) is 5.82 Å². The van der Waals surface area contributed by atoms with Gasteiger partial charge < -0.3 is 8.98 Å². The third-order valence-corrected chi connectivity index (χ3v) is 12.4. The van der Waals surface area contributed by atoms with E-state index in [1.54, 1.807) is 0 Å².